The van der Waals surface area contributed by atoms with Crippen LogP contribution in [0, 0.1) is 6.92 Å². The second-order valence-corrected chi connectivity index (χ2v) is 6.98. The maximum Gasteiger partial charge on any atom is 0.262 e. The Bertz CT molecular complexity index is 787. The number of aryl methyl sites for hydroxylation is 1. The number of hydrogen-bond acceptors (Lipinski definition) is 3. The molecule has 0 aliphatic heterocycles. The van der Waals surface area contributed by atoms with E-state index in [4.69, 9.17) is 29.6 Å². The SMILES string of the molecule is Cc1cc(C(N)=S)ccc1S(=O)(=O)Nc1ccc(Cl)cc1. The number of hydrogen-bond donors (Lipinski definition) is 2. The molecule has 2 rings (SSSR count). The van der Waals surface area contributed by atoms with Crippen LogP contribution in [0.1, 0.15) is 11.1 Å². The van der Waals surface area contributed by atoms with Crippen LogP contribution < -0.4 is 10.5 Å². The first kappa shape index (κ1) is 15.8. The van der Waals surface area contributed by atoms with Crippen molar-refractivity contribution in [3.8, 4) is 0 Å². The van der Waals surface area contributed by atoms with Crippen LogP contribution in [0.4, 0.5) is 5.69 Å². The fourth-order valence-electron chi connectivity index (χ4n) is 1.83. The molecule has 4 nitrogen and oxygen atoms in total. The van der Waals surface area contributed by atoms with Crippen LogP contribution in [-0.2, 0) is 10.0 Å². The van der Waals surface area contributed by atoms with E-state index in [0.717, 1.165) is 0 Å². The second-order valence-electron chi connectivity index (χ2n) is 4.46. The van der Waals surface area contributed by atoms with Gasteiger partial charge in [-0.05, 0) is 48.9 Å². The summed E-state index contributed by atoms with van der Waals surface area (Å²) < 4.78 is 27.3. The van der Waals surface area contributed by atoms with E-state index < -0.39 is 10.0 Å². The van der Waals surface area contributed by atoms with Gasteiger partial charge in [-0.15, -0.1) is 0 Å². The maximum absolute atomic E-state index is 12.4. The monoisotopic (exact) mass is 340 g/mol. The van der Waals surface area contributed by atoms with E-state index in [1.165, 1.54) is 6.07 Å². The Kier molecular flexibility index (Phi) is 4.51. The number of rotatable bonds is 4. The molecule has 2 aromatic rings. The van der Waals surface area contributed by atoms with Gasteiger partial charge in [0.1, 0.15) is 4.99 Å². The number of halogens is 1. The van der Waals surface area contributed by atoms with Crippen LogP contribution in [0.25, 0.3) is 0 Å². The smallest absolute Gasteiger partial charge is 0.262 e. The summed E-state index contributed by atoms with van der Waals surface area (Å²) >= 11 is 10.6. The van der Waals surface area contributed by atoms with Gasteiger partial charge in [-0.25, -0.2) is 8.42 Å². The van der Waals surface area contributed by atoms with Crippen LogP contribution in [0.5, 0.6) is 0 Å². The van der Waals surface area contributed by atoms with Crippen molar-refractivity contribution < 1.29 is 8.42 Å². The number of anilines is 1. The number of thiocarbonyl (C=S) groups is 1. The molecule has 0 saturated carbocycles. The van der Waals surface area contributed by atoms with Gasteiger partial charge in [0.15, 0.2) is 0 Å². The van der Waals surface area contributed by atoms with Gasteiger partial charge in [0.05, 0.1) is 4.90 Å². The van der Waals surface area contributed by atoms with Crippen LogP contribution >= 0.6 is 23.8 Å². The van der Waals surface area contributed by atoms with Crippen molar-refractivity contribution in [2.75, 3.05) is 4.72 Å². The number of nitrogens with one attached hydrogen (secondary N) is 1. The molecule has 0 spiro atoms. The molecule has 0 aromatic heterocycles. The van der Waals surface area contributed by atoms with Gasteiger partial charge in [-0.1, -0.05) is 29.9 Å². The molecular weight excluding hydrogens is 328 g/mol. The molecule has 0 saturated heterocycles. The van der Waals surface area contributed by atoms with E-state index in [2.05, 4.69) is 4.72 Å². The lowest BCUT2D eigenvalue weighted by Crippen LogP contribution is -2.15. The van der Waals surface area contributed by atoms with Crippen molar-refractivity contribution in [2.45, 2.75) is 11.8 Å². The van der Waals surface area contributed by atoms with Crippen LogP contribution in [-0.4, -0.2) is 13.4 Å². The minimum absolute atomic E-state index is 0.178. The first-order chi connectivity index (χ1) is 9.79. The summed E-state index contributed by atoms with van der Waals surface area (Å²) in [5, 5.41) is 0.537. The third-order valence-corrected chi connectivity index (χ3v) is 4.87. The zero-order valence-electron chi connectivity index (χ0n) is 11.1. The van der Waals surface area contributed by atoms with E-state index in [1.807, 2.05) is 0 Å². The Morgan fingerprint density at radius 1 is 1.19 bits per heavy atom. The number of nitrogens with two attached hydrogens (primary N) is 1. The van der Waals surface area contributed by atoms with E-state index >= 15 is 0 Å². The lowest BCUT2D eigenvalue weighted by molar-refractivity contribution is 0.600. The molecule has 0 fully saturated rings. The fourth-order valence-corrected chi connectivity index (χ4v) is 3.37. The standard InChI is InChI=1S/C14H13ClN2O2S2/c1-9-8-10(14(16)20)2-7-13(9)21(18,19)17-12-5-3-11(15)4-6-12/h2-8,17H,1H3,(H2,16,20). The second kappa shape index (κ2) is 6.01. The van der Waals surface area contributed by atoms with Gasteiger partial charge in [0.2, 0.25) is 0 Å². The maximum atomic E-state index is 12.4. The van der Waals surface area contributed by atoms with Crippen molar-refractivity contribution >= 4 is 44.5 Å². The Balaban J connectivity index is 2.35. The van der Waals surface area contributed by atoms with Crippen molar-refractivity contribution in [1.29, 1.82) is 0 Å². The van der Waals surface area contributed by atoms with Gasteiger partial charge >= 0.3 is 0 Å². The summed E-state index contributed by atoms with van der Waals surface area (Å²) in [6.07, 6.45) is 0. The highest BCUT2D eigenvalue weighted by atomic mass is 35.5. The summed E-state index contributed by atoms with van der Waals surface area (Å²) in [6, 6.07) is 11.1. The third kappa shape index (κ3) is 3.72. The first-order valence-electron chi connectivity index (χ1n) is 5.98. The zero-order chi connectivity index (χ0) is 15.6. The molecule has 21 heavy (non-hydrogen) atoms. The molecule has 0 amide bonds. The lowest BCUT2D eigenvalue weighted by Gasteiger charge is -2.11. The zero-order valence-corrected chi connectivity index (χ0v) is 13.5. The molecule has 0 heterocycles. The largest absolute Gasteiger partial charge is 0.389 e. The third-order valence-electron chi connectivity index (χ3n) is 2.85. The Hall–Kier alpha value is -1.63. The summed E-state index contributed by atoms with van der Waals surface area (Å²) in [5.41, 5.74) is 7.18. The molecule has 0 radical (unpaired) electrons. The average molecular weight is 341 g/mol. The highest BCUT2D eigenvalue weighted by molar-refractivity contribution is 7.92. The first-order valence-corrected chi connectivity index (χ1v) is 8.25. The van der Waals surface area contributed by atoms with E-state index in [1.54, 1.807) is 43.3 Å². The van der Waals surface area contributed by atoms with E-state index in [0.29, 0.717) is 21.8 Å². The topological polar surface area (TPSA) is 72.2 Å². The molecule has 0 bridgehead atoms. The van der Waals surface area contributed by atoms with Crippen molar-refractivity contribution in [2.24, 2.45) is 5.73 Å². The molecule has 0 aliphatic rings. The molecule has 7 heteroatoms. The van der Waals surface area contributed by atoms with Crippen molar-refractivity contribution in [3.63, 3.8) is 0 Å². The quantitative estimate of drug-likeness (QED) is 0.839. The normalized spacial score (nSPS) is 11.1. The van der Waals surface area contributed by atoms with Gasteiger partial charge in [-0.2, -0.15) is 0 Å². The minimum Gasteiger partial charge on any atom is -0.389 e. The van der Waals surface area contributed by atoms with Gasteiger partial charge in [0, 0.05) is 16.3 Å². The van der Waals surface area contributed by atoms with Gasteiger partial charge in [0.25, 0.3) is 10.0 Å². The number of sulfonamides is 1. The Morgan fingerprint density at radius 2 is 1.81 bits per heavy atom. The van der Waals surface area contributed by atoms with Gasteiger partial charge in [-0.3, -0.25) is 4.72 Å². The molecule has 110 valence electrons. The lowest BCUT2D eigenvalue weighted by atomic mass is 10.1. The predicted molar refractivity (Wildman–Crippen MR) is 89.3 cm³/mol. The van der Waals surface area contributed by atoms with Crippen LogP contribution in [0.2, 0.25) is 5.02 Å². The fraction of sp³-hybridized carbons (Fsp3) is 0.0714. The van der Waals surface area contributed by atoms with E-state index in [9.17, 15) is 8.42 Å². The highest BCUT2D eigenvalue weighted by Gasteiger charge is 2.17. The molecule has 3 N–H and O–H groups in total. The summed E-state index contributed by atoms with van der Waals surface area (Å²) in [6.45, 7) is 1.69. The minimum atomic E-state index is -3.68. The molecule has 0 aliphatic carbocycles. The Labute approximate surface area is 134 Å². The molecule has 0 atom stereocenters. The van der Waals surface area contributed by atoms with Crippen molar-refractivity contribution in [3.05, 3.63) is 58.6 Å². The molecule has 2 aromatic carbocycles. The average Bonchev–Trinajstić information content (AvgIpc) is 2.40. The van der Waals surface area contributed by atoms with Crippen LogP contribution in [0.3, 0.4) is 0 Å². The molecule has 0 unspecified atom stereocenters. The summed E-state index contributed by atoms with van der Waals surface area (Å²) in [4.78, 5) is 0.408. The highest BCUT2D eigenvalue weighted by Crippen LogP contribution is 2.21. The predicted octanol–water partition coefficient (Wildman–Crippen LogP) is 3.08. The number of benzene rings is 2. The molecular formula is C14H13ClN2O2S2. The summed E-state index contributed by atoms with van der Waals surface area (Å²) in [7, 11) is -3.68. The Morgan fingerprint density at radius 3 is 2.33 bits per heavy atom. The van der Waals surface area contributed by atoms with E-state index in [-0.39, 0.29) is 9.88 Å². The van der Waals surface area contributed by atoms with Crippen molar-refractivity contribution in [1.82, 2.24) is 0 Å². The van der Waals surface area contributed by atoms with Crippen LogP contribution in [0.15, 0.2) is 47.4 Å². The summed E-state index contributed by atoms with van der Waals surface area (Å²) in [5.74, 6) is 0. The van der Waals surface area contributed by atoms with Gasteiger partial charge < -0.3 is 5.73 Å².